The molecule has 0 aliphatic rings. The van der Waals surface area contributed by atoms with Gasteiger partial charge in [0.05, 0.1) is 4.47 Å². The predicted molar refractivity (Wildman–Crippen MR) is 67.1 cm³/mol. The highest BCUT2D eigenvalue weighted by molar-refractivity contribution is 9.10. The van der Waals surface area contributed by atoms with Crippen LogP contribution in [0.1, 0.15) is 0 Å². The molecule has 5 nitrogen and oxygen atoms in total. The molecule has 0 fully saturated rings. The SMILES string of the molecule is Cn1c(-c2cccc(F)c2Br)nnc1S(=O)(=O)Cl. The van der Waals surface area contributed by atoms with Crippen molar-refractivity contribution < 1.29 is 12.8 Å². The van der Waals surface area contributed by atoms with Crippen LogP contribution in [-0.2, 0) is 16.1 Å². The van der Waals surface area contributed by atoms with Crippen molar-refractivity contribution in [3.05, 3.63) is 28.5 Å². The Morgan fingerprint density at radius 2 is 2.06 bits per heavy atom. The topological polar surface area (TPSA) is 64.8 Å². The van der Waals surface area contributed by atoms with Gasteiger partial charge in [-0.3, -0.25) is 4.57 Å². The zero-order chi connectivity index (χ0) is 13.5. The van der Waals surface area contributed by atoms with Gasteiger partial charge in [0.2, 0.25) is 0 Å². The van der Waals surface area contributed by atoms with Crippen LogP contribution in [-0.4, -0.2) is 23.2 Å². The maximum atomic E-state index is 13.4. The molecule has 2 rings (SSSR count). The van der Waals surface area contributed by atoms with Gasteiger partial charge in [-0.1, -0.05) is 6.07 Å². The molecule has 0 aliphatic carbocycles. The summed E-state index contributed by atoms with van der Waals surface area (Å²) in [5.74, 6) is -0.286. The lowest BCUT2D eigenvalue weighted by Gasteiger charge is -2.04. The lowest BCUT2D eigenvalue weighted by Crippen LogP contribution is -2.03. The number of aromatic nitrogens is 3. The van der Waals surface area contributed by atoms with Crippen LogP contribution in [0.5, 0.6) is 0 Å². The van der Waals surface area contributed by atoms with E-state index in [-0.39, 0.29) is 10.3 Å². The molecule has 0 radical (unpaired) electrons. The largest absolute Gasteiger partial charge is 0.300 e. The van der Waals surface area contributed by atoms with Crippen LogP contribution >= 0.6 is 26.6 Å². The molecule has 0 unspecified atom stereocenters. The number of benzene rings is 1. The summed E-state index contributed by atoms with van der Waals surface area (Å²) in [6.07, 6.45) is 0. The number of halogens is 3. The van der Waals surface area contributed by atoms with Crippen LogP contribution in [0, 0.1) is 5.82 Å². The normalized spacial score (nSPS) is 11.8. The van der Waals surface area contributed by atoms with Gasteiger partial charge in [-0.25, -0.2) is 12.8 Å². The summed E-state index contributed by atoms with van der Waals surface area (Å²) >= 11 is 3.07. The van der Waals surface area contributed by atoms with Crippen molar-refractivity contribution in [2.24, 2.45) is 7.05 Å². The molecule has 0 aliphatic heterocycles. The predicted octanol–water partition coefficient (Wildman–Crippen LogP) is 2.31. The third-order valence-electron chi connectivity index (χ3n) is 2.25. The van der Waals surface area contributed by atoms with E-state index in [2.05, 4.69) is 26.1 Å². The maximum absolute atomic E-state index is 13.4. The van der Waals surface area contributed by atoms with Gasteiger partial charge < -0.3 is 0 Å². The molecule has 0 atom stereocenters. The Morgan fingerprint density at radius 3 is 2.61 bits per heavy atom. The molecule has 0 amide bonds. The maximum Gasteiger partial charge on any atom is 0.296 e. The van der Waals surface area contributed by atoms with Crippen LogP contribution < -0.4 is 0 Å². The molecule has 18 heavy (non-hydrogen) atoms. The molecular formula is C9H6BrClFN3O2S. The van der Waals surface area contributed by atoms with Gasteiger partial charge in [0.25, 0.3) is 14.2 Å². The lowest BCUT2D eigenvalue weighted by atomic mass is 10.2. The molecule has 1 aromatic carbocycles. The van der Waals surface area contributed by atoms with Gasteiger partial charge in [-0.15, -0.1) is 10.2 Å². The van der Waals surface area contributed by atoms with E-state index in [1.807, 2.05) is 0 Å². The van der Waals surface area contributed by atoms with E-state index < -0.39 is 20.0 Å². The number of hydrogen-bond donors (Lipinski definition) is 0. The van der Waals surface area contributed by atoms with Crippen LogP contribution in [0.25, 0.3) is 11.4 Å². The van der Waals surface area contributed by atoms with E-state index in [1.165, 1.54) is 23.7 Å². The Hall–Kier alpha value is -0.990. The minimum absolute atomic E-state index is 0.180. The highest BCUT2D eigenvalue weighted by atomic mass is 79.9. The second-order valence-electron chi connectivity index (χ2n) is 3.40. The van der Waals surface area contributed by atoms with E-state index in [4.69, 9.17) is 10.7 Å². The Balaban J connectivity index is 2.67. The summed E-state index contributed by atoms with van der Waals surface area (Å²) in [5.41, 5.74) is 0.386. The Kier molecular flexibility index (Phi) is 3.43. The van der Waals surface area contributed by atoms with Crippen molar-refractivity contribution in [1.82, 2.24) is 14.8 Å². The molecule has 0 bridgehead atoms. The number of hydrogen-bond acceptors (Lipinski definition) is 4. The monoisotopic (exact) mass is 353 g/mol. The highest BCUT2D eigenvalue weighted by Gasteiger charge is 2.22. The first-order valence-electron chi connectivity index (χ1n) is 4.61. The van der Waals surface area contributed by atoms with Gasteiger partial charge in [0.1, 0.15) is 5.82 Å². The average molecular weight is 355 g/mol. The van der Waals surface area contributed by atoms with Crippen LogP contribution in [0.3, 0.4) is 0 Å². The third kappa shape index (κ3) is 2.27. The van der Waals surface area contributed by atoms with Crippen molar-refractivity contribution in [1.29, 1.82) is 0 Å². The molecular weight excluding hydrogens is 349 g/mol. The second kappa shape index (κ2) is 4.60. The zero-order valence-electron chi connectivity index (χ0n) is 8.93. The van der Waals surface area contributed by atoms with Gasteiger partial charge in [-0.05, 0) is 28.1 Å². The fourth-order valence-corrected chi connectivity index (χ4v) is 2.83. The minimum atomic E-state index is -3.99. The molecule has 1 aromatic heterocycles. The summed E-state index contributed by atoms with van der Waals surface area (Å²) in [6, 6.07) is 4.34. The highest BCUT2D eigenvalue weighted by Crippen LogP contribution is 2.29. The van der Waals surface area contributed by atoms with Crippen molar-refractivity contribution in [2.45, 2.75) is 5.16 Å². The van der Waals surface area contributed by atoms with Crippen molar-refractivity contribution >= 4 is 35.7 Å². The van der Waals surface area contributed by atoms with E-state index in [9.17, 15) is 12.8 Å². The van der Waals surface area contributed by atoms with Crippen LogP contribution in [0.2, 0.25) is 0 Å². The Bertz CT molecular complexity index is 717. The molecule has 96 valence electrons. The average Bonchev–Trinajstić information content (AvgIpc) is 2.64. The molecule has 2 aromatic rings. The molecule has 1 heterocycles. The first kappa shape index (κ1) is 13.4. The smallest absolute Gasteiger partial charge is 0.296 e. The first-order chi connectivity index (χ1) is 8.32. The number of nitrogens with zero attached hydrogens (tertiary/aromatic N) is 3. The summed E-state index contributed by atoms with van der Waals surface area (Å²) < 4.78 is 37.2. The van der Waals surface area contributed by atoms with Crippen molar-refractivity contribution in [3.63, 3.8) is 0 Å². The fourth-order valence-electron chi connectivity index (χ4n) is 1.44. The first-order valence-corrected chi connectivity index (χ1v) is 7.71. The summed E-state index contributed by atoms with van der Waals surface area (Å²) in [7, 11) is 2.64. The molecule has 0 saturated carbocycles. The van der Waals surface area contributed by atoms with E-state index >= 15 is 0 Å². The number of rotatable bonds is 2. The second-order valence-corrected chi connectivity index (χ2v) is 6.66. The fraction of sp³-hybridized carbons (Fsp3) is 0.111. The third-order valence-corrected chi connectivity index (χ3v) is 4.26. The van der Waals surface area contributed by atoms with E-state index in [0.717, 1.165) is 0 Å². The quantitative estimate of drug-likeness (QED) is 0.776. The van der Waals surface area contributed by atoms with Gasteiger partial charge in [-0.2, -0.15) is 0 Å². The molecule has 0 N–H and O–H groups in total. The van der Waals surface area contributed by atoms with E-state index in [0.29, 0.717) is 5.56 Å². The van der Waals surface area contributed by atoms with Gasteiger partial charge in [0, 0.05) is 23.3 Å². The Morgan fingerprint density at radius 1 is 1.39 bits per heavy atom. The van der Waals surface area contributed by atoms with E-state index in [1.54, 1.807) is 6.07 Å². The van der Waals surface area contributed by atoms with Gasteiger partial charge in [0.15, 0.2) is 5.82 Å². The van der Waals surface area contributed by atoms with Crippen LogP contribution in [0.4, 0.5) is 4.39 Å². The minimum Gasteiger partial charge on any atom is -0.300 e. The lowest BCUT2D eigenvalue weighted by molar-refractivity contribution is 0.593. The van der Waals surface area contributed by atoms with Crippen LogP contribution in [0.15, 0.2) is 27.8 Å². The summed E-state index contributed by atoms with van der Waals surface area (Å²) in [5, 5.41) is 6.80. The molecule has 9 heteroatoms. The summed E-state index contributed by atoms with van der Waals surface area (Å²) in [4.78, 5) is 0. The zero-order valence-corrected chi connectivity index (χ0v) is 12.1. The van der Waals surface area contributed by atoms with Gasteiger partial charge >= 0.3 is 0 Å². The standard InChI is InChI=1S/C9H6BrClFN3O2S/c1-15-8(13-14-9(15)18(11,16)17)5-3-2-4-6(12)7(5)10/h2-4H,1H3. The van der Waals surface area contributed by atoms with Crippen molar-refractivity contribution in [2.75, 3.05) is 0 Å². The molecule has 0 spiro atoms. The molecule has 0 saturated heterocycles. The van der Waals surface area contributed by atoms with Crippen molar-refractivity contribution in [3.8, 4) is 11.4 Å². The Labute approximate surface area is 115 Å². The summed E-state index contributed by atoms with van der Waals surface area (Å²) in [6.45, 7) is 0.